The summed E-state index contributed by atoms with van der Waals surface area (Å²) in [5.74, 6) is -0.335. The van der Waals surface area contributed by atoms with Gasteiger partial charge in [0.15, 0.2) is 0 Å². The molecule has 2 aromatic heterocycles. The number of esters is 1. The topological polar surface area (TPSA) is 65.2 Å². The molecule has 0 aliphatic heterocycles. The molecule has 20 heavy (non-hydrogen) atoms. The summed E-state index contributed by atoms with van der Waals surface area (Å²) in [6, 6.07) is 1.97. The molecular formula is C15H20N2O2S. The van der Waals surface area contributed by atoms with Gasteiger partial charge in [-0.3, -0.25) is 0 Å². The van der Waals surface area contributed by atoms with Crippen LogP contribution >= 0.6 is 11.3 Å². The van der Waals surface area contributed by atoms with Crippen molar-refractivity contribution in [1.82, 2.24) is 4.98 Å². The van der Waals surface area contributed by atoms with Gasteiger partial charge >= 0.3 is 5.97 Å². The first-order valence-corrected chi connectivity index (χ1v) is 7.69. The van der Waals surface area contributed by atoms with Gasteiger partial charge in [-0.15, -0.1) is 11.3 Å². The number of aromatic nitrogens is 1. The van der Waals surface area contributed by atoms with Crippen LogP contribution in [0, 0.1) is 13.8 Å². The summed E-state index contributed by atoms with van der Waals surface area (Å²) in [6.07, 6.45) is 3.06. The van der Waals surface area contributed by atoms with Crippen molar-refractivity contribution in [3.05, 3.63) is 22.2 Å². The minimum absolute atomic E-state index is 0.335. The Morgan fingerprint density at radius 2 is 2.15 bits per heavy atom. The lowest BCUT2D eigenvalue weighted by Gasteiger charge is -2.03. The number of fused-ring (bicyclic) bond motifs is 1. The predicted molar refractivity (Wildman–Crippen MR) is 83.3 cm³/mol. The number of thiophene rings is 1. The van der Waals surface area contributed by atoms with Crippen molar-refractivity contribution in [3.63, 3.8) is 0 Å². The van der Waals surface area contributed by atoms with Gasteiger partial charge in [0.05, 0.1) is 12.3 Å². The van der Waals surface area contributed by atoms with Crippen molar-refractivity contribution in [2.75, 3.05) is 12.3 Å². The Kier molecular flexibility index (Phi) is 4.60. The molecule has 0 atom stereocenters. The molecule has 0 amide bonds. The van der Waals surface area contributed by atoms with E-state index in [1.165, 1.54) is 11.3 Å². The van der Waals surface area contributed by atoms with Crippen LogP contribution in [0.4, 0.5) is 5.69 Å². The third-order valence-corrected chi connectivity index (χ3v) is 4.27. The van der Waals surface area contributed by atoms with Crippen LogP contribution in [0.1, 0.15) is 47.1 Å². The summed E-state index contributed by atoms with van der Waals surface area (Å²) in [7, 11) is 0. The summed E-state index contributed by atoms with van der Waals surface area (Å²) in [5, 5.41) is 0.876. The Hall–Kier alpha value is -1.62. The molecule has 0 radical (unpaired) electrons. The SMILES string of the molecule is CCCCCOC(=O)c1sc2nc(C)cc(C)c2c1N. The summed E-state index contributed by atoms with van der Waals surface area (Å²) < 4.78 is 5.27. The predicted octanol–water partition coefficient (Wildman–Crippen LogP) is 3.84. The van der Waals surface area contributed by atoms with E-state index < -0.39 is 0 Å². The van der Waals surface area contributed by atoms with Crippen molar-refractivity contribution in [1.29, 1.82) is 0 Å². The number of anilines is 1. The fraction of sp³-hybridized carbons (Fsp3) is 0.467. The highest BCUT2D eigenvalue weighted by Crippen LogP contribution is 2.35. The van der Waals surface area contributed by atoms with Gasteiger partial charge in [0.2, 0.25) is 0 Å². The molecule has 0 bridgehead atoms. The average molecular weight is 292 g/mol. The molecule has 108 valence electrons. The van der Waals surface area contributed by atoms with Gasteiger partial charge in [-0.25, -0.2) is 9.78 Å². The number of rotatable bonds is 5. The van der Waals surface area contributed by atoms with Crippen LogP contribution in [0.5, 0.6) is 0 Å². The van der Waals surface area contributed by atoms with Crippen LogP contribution in [-0.4, -0.2) is 17.6 Å². The summed E-state index contributed by atoms with van der Waals surface area (Å²) in [5.41, 5.74) is 8.56. The zero-order valence-corrected chi connectivity index (χ0v) is 13.0. The summed E-state index contributed by atoms with van der Waals surface area (Å²) in [4.78, 5) is 17.8. The number of unbranched alkanes of at least 4 members (excludes halogenated alkanes) is 2. The maximum atomic E-state index is 12.1. The van der Waals surface area contributed by atoms with E-state index in [2.05, 4.69) is 11.9 Å². The lowest BCUT2D eigenvalue weighted by Crippen LogP contribution is -2.06. The Bertz CT molecular complexity index is 634. The number of ether oxygens (including phenoxy) is 1. The molecule has 0 saturated carbocycles. The van der Waals surface area contributed by atoms with Gasteiger partial charge in [0, 0.05) is 11.1 Å². The molecule has 2 heterocycles. The van der Waals surface area contributed by atoms with Gasteiger partial charge in [0.1, 0.15) is 9.71 Å². The van der Waals surface area contributed by atoms with Gasteiger partial charge in [-0.05, 0) is 31.9 Å². The van der Waals surface area contributed by atoms with Crippen LogP contribution in [0.2, 0.25) is 0 Å². The highest BCUT2D eigenvalue weighted by Gasteiger charge is 2.19. The monoisotopic (exact) mass is 292 g/mol. The molecule has 0 aliphatic rings. The summed E-state index contributed by atoms with van der Waals surface area (Å²) in [6.45, 7) is 6.48. The number of hydrogen-bond donors (Lipinski definition) is 1. The molecule has 0 saturated heterocycles. The van der Waals surface area contributed by atoms with Crippen molar-refractivity contribution in [3.8, 4) is 0 Å². The standard InChI is InChI=1S/C15H20N2O2S/c1-4-5-6-7-19-15(18)13-12(16)11-9(2)8-10(3)17-14(11)20-13/h8H,4-7,16H2,1-3H3. The van der Waals surface area contributed by atoms with Gasteiger partial charge in [0.25, 0.3) is 0 Å². The fourth-order valence-corrected chi connectivity index (χ4v) is 3.31. The number of hydrogen-bond acceptors (Lipinski definition) is 5. The Morgan fingerprint density at radius 1 is 1.40 bits per heavy atom. The lowest BCUT2D eigenvalue weighted by molar-refractivity contribution is 0.0505. The molecule has 0 aliphatic carbocycles. The second-order valence-corrected chi connectivity index (χ2v) is 5.95. The molecule has 2 aromatic rings. The normalized spacial score (nSPS) is 10.9. The van der Waals surface area contributed by atoms with Crippen LogP contribution in [-0.2, 0) is 4.74 Å². The zero-order chi connectivity index (χ0) is 14.7. The largest absolute Gasteiger partial charge is 0.461 e. The highest BCUT2D eigenvalue weighted by atomic mass is 32.1. The molecule has 0 aromatic carbocycles. The van der Waals surface area contributed by atoms with Crippen LogP contribution in [0.25, 0.3) is 10.2 Å². The van der Waals surface area contributed by atoms with E-state index in [0.29, 0.717) is 17.2 Å². The smallest absolute Gasteiger partial charge is 0.350 e. The van der Waals surface area contributed by atoms with E-state index in [9.17, 15) is 4.79 Å². The van der Waals surface area contributed by atoms with Crippen molar-refractivity contribution >= 4 is 33.2 Å². The van der Waals surface area contributed by atoms with E-state index in [1.807, 2.05) is 19.9 Å². The zero-order valence-electron chi connectivity index (χ0n) is 12.2. The number of nitrogens with two attached hydrogens (primary N) is 1. The second-order valence-electron chi connectivity index (χ2n) is 4.95. The number of carbonyl (C=O) groups excluding carboxylic acids is 1. The number of carbonyl (C=O) groups is 1. The third-order valence-electron chi connectivity index (χ3n) is 3.19. The van der Waals surface area contributed by atoms with Gasteiger partial charge < -0.3 is 10.5 Å². The van der Waals surface area contributed by atoms with E-state index in [0.717, 1.165) is 40.7 Å². The quantitative estimate of drug-likeness (QED) is 0.671. The molecule has 2 rings (SSSR count). The van der Waals surface area contributed by atoms with E-state index in [-0.39, 0.29) is 5.97 Å². The molecule has 0 unspecified atom stereocenters. The van der Waals surface area contributed by atoms with Crippen molar-refractivity contribution in [2.24, 2.45) is 0 Å². The number of pyridine rings is 1. The third kappa shape index (κ3) is 2.93. The maximum absolute atomic E-state index is 12.1. The Labute approximate surface area is 123 Å². The minimum Gasteiger partial charge on any atom is -0.461 e. The van der Waals surface area contributed by atoms with Gasteiger partial charge in [-0.2, -0.15) is 0 Å². The highest BCUT2D eigenvalue weighted by molar-refractivity contribution is 7.21. The Morgan fingerprint density at radius 3 is 2.85 bits per heavy atom. The molecule has 5 heteroatoms. The molecule has 0 fully saturated rings. The van der Waals surface area contributed by atoms with Crippen LogP contribution in [0.15, 0.2) is 6.07 Å². The van der Waals surface area contributed by atoms with Crippen LogP contribution < -0.4 is 5.73 Å². The van der Waals surface area contributed by atoms with E-state index >= 15 is 0 Å². The van der Waals surface area contributed by atoms with E-state index in [1.54, 1.807) is 0 Å². The van der Waals surface area contributed by atoms with Crippen molar-refractivity contribution < 1.29 is 9.53 Å². The minimum atomic E-state index is -0.335. The lowest BCUT2D eigenvalue weighted by atomic mass is 10.1. The molecular weight excluding hydrogens is 272 g/mol. The second kappa shape index (κ2) is 6.22. The number of aryl methyl sites for hydroxylation is 2. The first-order valence-electron chi connectivity index (χ1n) is 6.88. The van der Waals surface area contributed by atoms with Crippen molar-refractivity contribution in [2.45, 2.75) is 40.0 Å². The fourth-order valence-electron chi connectivity index (χ4n) is 2.20. The van der Waals surface area contributed by atoms with Crippen LogP contribution in [0.3, 0.4) is 0 Å². The van der Waals surface area contributed by atoms with E-state index in [4.69, 9.17) is 10.5 Å². The average Bonchev–Trinajstić information content (AvgIpc) is 2.71. The first-order chi connectivity index (χ1) is 9.54. The molecule has 2 N–H and O–H groups in total. The molecule has 4 nitrogen and oxygen atoms in total. The number of nitrogen functional groups attached to an aromatic ring is 1. The number of nitrogens with zero attached hydrogens (tertiary/aromatic N) is 1. The van der Waals surface area contributed by atoms with Gasteiger partial charge in [-0.1, -0.05) is 19.8 Å². The Balaban J connectivity index is 2.24. The first kappa shape index (κ1) is 14.8. The maximum Gasteiger partial charge on any atom is 0.350 e. The summed E-state index contributed by atoms with van der Waals surface area (Å²) >= 11 is 1.31. The molecule has 0 spiro atoms.